The van der Waals surface area contributed by atoms with Crippen molar-refractivity contribution >= 4 is 44.9 Å². The zero-order valence-corrected chi connectivity index (χ0v) is 21.0. The summed E-state index contributed by atoms with van der Waals surface area (Å²) in [5.74, 6) is 0.975. The molecule has 0 radical (unpaired) electrons. The van der Waals surface area contributed by atoms with E-state index in [1.807, 2.05) is 17.5 Å². The highest BCUT2D eigenvalue weighted by atomic mass is 32.2. The number of thioether (sulfide) groups is 1. The van der Waals surface area contributed by atoms with Crippen LogP contribution in [0.5, 0.6) is 11.5 Å². The molecule has 2 aromatic carbocycles. The minimum Gasteiger partial charge on any atom is -0.497 e. The van der Waals surface area contributed by atoms with Gasteiger partial charge in [0.25, 0.3) is 5.56 Å². The first-order valence-corrected chi connectivity index (χ1v) is 12.4. The number of hydrogen-bond donors (Lipinski definition) is 1. The Morgan fingerprint density at radius 3 is 2.65 bits per heavy atom. The number of rotatable bonds is 8. The van der Waals surface area contributed by atoms with Crippen LogP contribution in [0.25, 0.3) is 10.2 Å². The Labute approximate surface area is 205 Å². The molecule has 0 aliphatic heterocycles. The molecule has 0 unspecified atom stereocenters. The number of nitrogens with zero attached hydrogens (tertiary/aromatic N) is 2. The van der Waals surface area contributed by atoms with Crippen LogP contribution in [-0.4, -0.2) is 35.4 Å². The second-order valence-electron chi connectivity index (χ2n) is 7.74. The van der Waals surface area contributed by atoms with E-state index in [1.54, 1.807) is 29.9 Å². The molecule has 0 spiro atoms. The van der Waals surface area contributed by atoms with Gasteiger partial charge < -0.3 is 14.8 Å². The molecule has 0 saturated carbocycles. The molecular weight excluding hydrogens is 470 g/mol. The fraction of sp³-hybridized carbons (Fsp3) is 0.240. The number of fused-ring (bicyclic) bond motifs is 1. The van der Waals surface area contributed by atoms with E-state index in [-0.39, 0.29) is 17.2 Å². The van der Waals surface area contributed by atoms with Crippen molar-refractivity contribution in [3.8, 4) is 11.5 Å². The second kappa shape index (κ2) is 10.3. The van der Waals surface area contributed by atoms with E-state index in [4.69, 9.17) is 9.47 Å². The van der Waals surface area contributed by atoms with Crippen LogP contribution >= 0.6 is 23.1 Å². The van der Waals surface area contributed by atoms with Crippen LogP contribution in [-0.2, 0) is 11.3 Å². The van der Waals surface area contributed by atoms with Gasteiger partial charge >= 0.3 is 0 Å². The molecule has 0 aliphatic carbocycles. The number of carbonyl (C=O) groups excluding carboxylic acids is 1. The Morgan fingerprint density at radius 1 is 1.09 bits per heavy atom. The largest absolute Gasteiger partial charge is 0.497 e. The molecule has 34 heavy (non-hydrogen) atoms. The van der Waals surface area contributed by atoms with Gasteiger partial charge in [-0.25, -0.2) is 4.98 Å². The van der Waals surface area contributed by atoms with E-state index in [9.17, 15) is 9.59 Å². The third kappa shape index (κ3) is 5.10. The van der Waals surface area contributed by atoms with E-state index >= 15 is 0 Å². The van der Waals surface area contributed by atoms with Crippen molar-refractivity contribution in [1.82, 2.24) is 9.55 Å². The molecule has 0 saturated heterocycles. The molecule has 9 heteroatoms. The van der Waals surface area contributed by atoms with Crippen molar-refractivity contribution < 1.29 is 14.3 Å². The molecule has 7 nitrogen and oxygen atoms in total. The van der Waals surface area contributed by atoms with Crippen molar-refractivity contribution in [2.75, 3.05) is 25.3 Å². The highest BCUT2D eigenvalue weighted by Gasteiger charge is 2.16. The summed E-state index contributed by atoms with van der Waals surface area (Å²) in [5.41, 5.74) is 4.43. The Kier molecular flexibility index (Phi) is 7.23. The van der Waals surface area contributed by atoms with Crippen LogP contribution in [0.4, 0.5) is 5.69 Å². The number of amides is 1. The summed E-state index contributed by atoms with van der Waals surface area (Å²) in [7, 11) is 3.10. The van der Waals surface area contributed by atoms with Crippen LogP contribution in [0.15, 0.2) is 57.8 Å². The molecule has 2 aromatic heterocycles. The average molecular weight is 496 g/mol. The molecule has 176 valence electrons. The van der Waals surface area contributed by atoms with Crippen LogP contribution in [0, 0.1) is 13.8 Å². The number of hydrogen-bond acceptors (Lipinski definition) is 7. The van der Waals surface area contributed by atoms with Gasteiger partial charge in [-0.1, -0.05) is 30.0 Å². The predicted molar refractivity (Wildman–Crippen MR) is 138 cm³/mol. The highest BCUT2D eigenvalue weighted by Crippen LogP contribution is 2.29. The van der Waals surface area contributed by atoms with Gasteiger partial charge in [0, 0.05) is 6.07 Å². The number of methoxy groups -OCH3 is 2. The van der Waals surface area contributed by atoms with Gasteiger partial charge in [-0.2, -0.15) is 0 Å². The lowest BCUT2D eigenvalue weighted by molar-refractivity contribution is -0.113. The van der Waals surface area contributed by atoms with Gasteiger partial charge in [0.05, 0.1) is 37.7 Å². The minimum absolute atomic E-state index is 0.0787. The summed E-state index contributed by atoms with van der Waals surface area (Å²) >= 11 is 2.61. The lowest BCUT2D eigenvalue weighted by Crippen LogP contribution is -2.24. The molecule has 4 aromatic rings. The van der Waals surface area contributed by atoms with Gasteiger partial charge in [0.1, 0.15) is 16.2 Å². The normalized spacial score (nSPS) is 10.9. The Morgan fingerprint density at radius 2 is 1.91 bits per heavy atom. The average Bonchev–Trinajstić information content (AvgIpc) is 3.31. The summed E-state index contributed by atoms with van der Waals surface area (Å²) in [5, 5.41) is 5.22. The maximum atomic E-state index is 13.2. The standard InChI is InChI=1S/C25H25N3O4S2/c1-15-5-6-17(11-16(15)2)13-28-24(30)23-19(9-10-33-23)27-25(28)34-14-22(29)26-20-12-18(31-3)7-8-21(20)32-4/h5-12H,13-14H2,1-4H3,(H,26,29). The fourth-order valence-corrected chi connectivity index (χ4v) is 5.06. The third-order valence-corrected chi connectivity index (χ3v) is 7.32. The monoisotopic (exact) mass is 495 g/mol. The first kappa shape index (κ1) is 23.8. The summed E-state index contributed by atoms with van der Waals surface area (Å²) in [6, 6.07) is 13.2. The molecule has 0 fully saturated rings. The summed E-state index contributed by atoms with van der Waals surface area (Å²) < 4.78 is 12.8. The molecule has 2 heterocycles. The quantitative estimate of drug-likeness (QED) is 0.277. The summed E-state index contributed by atoms with van der Waals surface area (Å²) in [4.78, 5) is 30.7. The first-order chi connectivity index (χ1) is 16.4. The lowest BCUT2D eigenvalue weighted by Gasteiger charge is -2.14. The first-order valence-electron chi connectivity index (χ1n) is 10.6. The fourth-order valence-electron chi connectivity index (χ4n) is 3.49. The molecule has 0 atom stereocenters. The Bertz CT molecular complexity index is 1410. The molecule has 4 rings (SSSR count). The number of aryl methyl sites for hydroxylation is 2. The maximum absolute atomic E-state index is 13.2. The van der Waals surface area contributed by atoms with E-state index in [0.29, 0.717) is 39.1 Å². The predicted octanol–water partition coefficient (Wildman–Crippen LogP) is 4.87. The Hall–Kier alpha value is -3.30. The van der Waals surface area contributed by atoms with Crippen molar-refractivity contribution in [3.63, 3.8) is 0 Å². The number of thiophene rings is 1. The summed E-state index contributed by atoms with van der Waals surface area (Å²) in [6.45, 7) is 4.49. The number of carbonyl (C=O) groups is 1. The van der Waals surface area contributed by atoms with E-state index in [1.165, 1.54) is 35.8 Å². The molecule has 1 N–H and O–H groups in total. The zero-order chi connectivity index (χ0) is 24.2. The van der Waals surface area contributed by atoms with E-state index in [0.717, 1.165) is 11.1 Å². The number of benzene rings is 2. The third-order valence-electron chi connectivity index (χ3n) is 5.46. The number of anilines is 1. The van der Waals surface area contributed by atoms with E-state index < -0.39 is 0 Å². The zero-order valence-electron chi connectivity index (χ0n) is 19.4. The van der Waals surface area contributed by atoms with Crippen LogP contribution < -0.4 is 20.3 Å². The van der Waals surface area contributed by atoms with Crippen molar-refractivity contribution in [3.05, 3.63) is 74.9 Å². The number of ether oxygens (including phenoxy) is 2. The molecular formula is C25H25N3O4S2. The van der Waals surface area contributed by atoms with Crippen LogP contribution in [0.3, 0.4) is 0 Å². The van der Waals surface area contributed by atoms with Gasteiger partial charge in [-0.15, -0.1) is 11.3 Å². The highest BCUT2D eigenvalue weighted by molar-refractivity contribution is 7.99. The van der Waals surface area contributed by atoms with Crippen LogP contribution in [0.2, 0.25) is 0 Å². The smallest absolute Gasteiger partial charge is 0.272 e. The SMILES string of the molecule is COc1ccc(OC)c(NC(=O)CSc2nc3ccsc3c(=O)n2Cc2ccc(C)c(C)c2)c1. The molecule has 1 amide bonds. The number of aromatic nitrogens is 2. The Balaban J connectivity index is 1.59. The minimum atomic E-state index is -0.242. The lowest BCUT2D eigenvalue weighted by atomic mass is 10.1. The topological polar surface area (TPSA) is 82.5 Å². The van der Waals surface area contributed by atoms with Crippen molar-refractivity contribution in [2.45, 2.75) is 25.5 Å². The maximum Gasteiger partial charge on any atom is 0.272 e. The van der Waals surface area contributed by atoms with Gasteiger partial charge in [0.15, 0.2) is 5.16 Å². The molecule has 0 aliphatic rings. The van der Waals surface area contributed by atoms with Crippen molar-refractivity contribution in [1.29, 1.82) is 0 Å². The van der Waals surface area contributed by atoms with Crippen molar-refractivity contribution in [2.24, 2.45) is 0 Å². The van der Waals surface area contributed by atoms with Crippen LogP contribution in [0.1, 0.15) is 16.7 Å². The number of nitrogens with one attached hydrogen (secondary N) is 1. The summed E-state index contributed by atoms with van der Waals surface area (Å²) in [6.07, 6.45) is 0. The van der Waals surface area contributed by atoms with Gasteiger partial charge in [0.2, 0.25) is 5.91 Å². The van der Waals surface area contributed by atoms with Gasteiger partial charge in [-0.05, 0) is 54.1 Å². The van der Waals surface area contributed by atoms with Gasteiger partial charge in [-0.3, -0.25) is 14.2 Å². The van der Waals surface area contributed by atoms with E-state index in [2.05, 4.69) is 36.3 Å². The second-order valence-corrected chi connectivity index (χ2v) is 9.60. The molecule has 0 bridgehead atoms.